The maximum Gasteiger partial charge on any atom is 0.272 e. The maximum absolute atomic E-state index is 13.2. The lowest BCUT2D eigenvalue weighted by atomic mass is 10.1. The fourth-order valence-electron chi connectivity index (χ4n) is 3.88. The first kappa shape index (κ1) is 29.8. The summed E-state index contributed by atoms with van der Waals surface area (Å²) >= 11 is 8.74. The molecule has 0 unspecified atom stereocenters. The number of thiazole rings is 1. The van der Waals surface area contributed by atoms with Crippen LogP contribution in [0.3, 0.4) is 0 Å². The van der Waals surface area contributed by atoms with Gasteiger partial charge in [-0.05, 0) is 60.2 Å². The van der Waals surface area contributed by atoms with Crippen LogP contribution in [0, 0.1) is 0 Å². The second-order valence-corrected chi connectivity index (χ2v) is 11.5. The van der Waals surface area contributed by atoms with Gasteiger partial charge in [-0.2, -0.15) is 0 Å². The Morgan fingerprint density at radius 3 is 2.19 bits per heavy atom. The van der Waals surface area contributed by atoms with Crippen LogP contribution in [0.2, 0.25) is 5.02 Å². The van der Waals surface area contributed by atoms with Gasteiger partial charge < -0.3 is 16.0 Å². The van der Waals surface area contributed by atoms with Crippen LogP contribution in [-0.2, 0) is 9.59 Å². The molecular formula is C33H25ClN4O3S2. The van der Waals surface area contributed by atoms with Gasteiger partial charge in [0.25, 0.3) is 11.8 Å². The van der Waals surface area contributed by atoms with Crippen molar-refractivity contribution in [2.24, 2.45) is 0 Å². The summed E-state index contributed by atoms with van der Waals surface area (Å²) < 4.78 is 0. The van der Waals surface area contributed by atoms with Crippen molar-refractivity contribution in [1.82, 2.24) is 10.3 Å². The minimum atomic E-state index is -0.489. The molecule has 0 bridgehead atoms. The maximum atomic E-state index is 13.2. The Labute approximate surface area is 262 Å². The van der Waals surface area contributed by atoms with E-state index in [0.717, 1.165) is 16.2 Å². The van der Waals surface area contributed by atoms with Crippen LogP contribution in [0.15, 0.2) is 125 Å². The number of aromatic nitrogens is 1. The quantitative estimate of drug-likeness (QED) is 0.110. The lowest BCUT2D eigenvalue weighted by Gasteiger charge is -2.12. The molecule has 0 aliphatic heterocycles. The molecule has 5 aromatic rings. The summed E-state index contributed by atoms with van der Waals surface area (Å²) in [5, 5.41) is 11.4. The smallest absolute Gasteiger partial charge is 0.272 e. The molecule has 10 heteroatoms. The molecule has 5 rings (SSSR count). The van der Waals surface area contributed by atoms with Crippen LogP contribution < -0.4 is 16.0 Å². The highest BCUT2D eigenvalue weighted by Crippen LogP contribution is 2.26. The molecule has 0 saturated carbocycles. The second kappa shape index (κ2) is 14.5. The van der Waals surface area contributed by atoms with Gasteiger partial charge in [-0.25, -0.2) is 4.98 Å². The fraction of sp³-hybridized carbons (Fsp3) is 0.0303. The molecule has 0 aliphatic rings. The van der Waals surface area contributed by atoms with E-state index in [1.165, 1.54) is 23.1 Å². The molecule has 0 fully saturated rings. The van der Waals surface area contributed by atoms with Gasteiger partial charge in [-0.15, -0.1) is 23.1 Å². The summed E-state index contributed by atoms with van der Waals surface area (Å²) in [6, 6.07) is 32.5. The lowest BCUT2D eigenvalue weighted by Crippen LogP contribution is -2.30. The third kappa shape index (κ3) is 8.65. The summed E-state index contributed by atoms with van der Waals surface area (Å²) in [6.07, 6.45) is 1.58. The Hall–Kier alpha value is -4.70. The largest absolute Gasteiger partial charge is 0.321 e. The molecule has 0 spiro atoms. The number of halogens is 1. The van der Waals surface area contributed by atoms with Crippen molar-refractivity contribution in [3.63, 3.8) is 0 Å². The molecule has 0 atom stereocenters. The zero-order chi connectivity index (χ0) is 30.0. The Morgan fingerprint density at radius 1 is 0.814 bits per heavy atom. The minimum Gasteiger partial charge on any atom is -0.321 e. The molecule has 3 N–H and O–H groups in total. The van der Waals surface area contributed by atoms with Crippen LogP contribution >= 0.6 is 34.7 Å². The number of nitrogens with one attached hydrogen (secondary N) is 3. The zero-order valence-electron chi connectivity index (χ0n) is 22.6. The van der Waals surface area contributed by atoms with Crippen molar-refractivity contribution < 1.29 is 14.4 Å². The Bertz CT molecular complexity index is 1740. The van der Waals surface area contributed by atoms with Gasteiger partial charge in [0.2, 0.25) is 5.91 Å². The number of carbonyl (C=O) groups is 3. The molecule has 0 saturated heterocycles. The van der Waals surface area contributed by atoms with E-state index in [1.807, 2.05) is 53.9 Å². The predicted molar refractivity (Wildman–Crippen MR) is 175 cm³/mol. The van der Waals surface area contributed by atoms with Crippen molar-refractivity contribution in [1.29, 1.82) is 0 Å². The van der Waals surface area contributed by atoms with E-state index < -0.39 is 11.8 Å². The monoisotopic (exact) mass is 624 g/mol. The van der Waals surface area contributed by atoms with Gasteiger partial charge in [0.05, 0.1) is 11.4 Å². The van der Waals surface area contributed by atoms with E-state index in [1.54, 1.807) is 66.7 Å². The standard InChI is InChI=1S/C33H25ClN4O3S2/c34-25-13-11-22(12-14-25)19-28(36-31(40)24-9-5-2-6-10-24)32(41)35-26-15-17-27(18-16-26)42-21-30(39)38-33-37-29(20-43-33)23-7-3-1-4-8-23/h1-20H,21H2,(H,35,41)(H,36,40)(H,37,38,39)/b28-19-. The Balaban J connectivity index is 1.18. The molecule has 1 aromatic heterocycles. The molecule has 3 amide bonds. The van der Waals surface area contributed by atoms with Crippen molar-refractivity contribution in [2.45, 2.75) is 4.90 Å². The van der Waals surface area contributed by atoms with E-state index in [9.17, 15) is 14.4 Å². The normalized spacial score (nSPS) is 11.0. The van der Waals surface area contributed by atoms with Crippen molar-refractivity contribution in [2.75, 3.05) is 16.4 Å². The number of carbonyl (C=O) groups excluding carboxylic acids is 3. The van der Waals surface area contributed by atoms with Crippen molar-refractivity contribution in [3.05, 3.63) is 136 Å². The van der Waals surface area contributed by atoms with Gasteiger partial charge in [0.1, 0.15) is 5.70 Å². The molecule has 43 heavy (non-hydrogen) atoms. The van der Waals surface area contributed by atoms with Gasteiger partial charge in [0.15, 0.2) is 5.13 Å². The van der Waals surface area contributed by atoms with Crippen LogP contribution in [0.25, 0.3) is 17.3 Å². The van der Waals surface area contributed by atoms with Crippen LogP contribution in [0.4, 0.5) is 10.8 Å². The molecule has 1 heterocycles. The SMILES string of the molecule is O=C(CSc1ccc(NC(=O)/C(=C/c2ccc(Cl)cc2)NC(=O)c2ccccc2)cc1)Nc1nc(-c2ccccc2)cs1. The Kier molecular flexibility index (Phi) is 10.0. The van der Waals surface area contributed by atoms with E-state index in [-0.39, 0.29) is 17.4 Å². The molecule has 7 nitrogen and oxygen atoms in total. The van der Waals surface area contributed by atoms with Crippen molar-refractivity contribution >= 4 is 69.3 Å². The van der Waals surface area contributed by atoms with Crippen LogP contribution in [-0.4, -0.2) is 28.5 Å². The average Bonchev–Trinajstić information content (AvgIpc) is 3.50. The predicted octanol–water partition coefficient (Wildman–Crippen LogP) is 7.60. The average molecular weight is 625 g/mol. The summed E-state index contributed by atoms with van der Waals surface area (Å²) in [6.45, 7) is 0. The molecule has 0 aliphatic carbocycles. The second-order valence-electron chi connectivity index (χ2n) is 9.15. The first-order chi connectivity index (χ1) is 20.9. The molecular weight excluding hydrogens is 600 g/mol. The van der Waals surface area contributed by atoms with Gasteiger partial charge >= 0.3 is 0 Å². The van der Waals surface area contributed by atoms with E-state index >= 15 is 0 Å². The highest BCUT2D eigenvalue weighted by atomic mass is 35.5. The minimum absolute atomic E-state index is 0.0731. The van der Waals surface area contributed by atoms with Gasteiger partial charge in [0, 0.05) is 32.1 Å². The fourth-order valence-corrected chi connectivity index (χ4v) is 5.44. The summed E-state index contributed by atoms with van der Waals surface area (Å²) in [7, 11) is 0. The molecule has 4 aromatic carbocycles. The summed E-state index contributed by atoms with van der Waals surface area (Å²) in [4.78, 5) is 43.9. The number of rotatable bonds is 10. The first-order valence-corrected chi connectivity index (χ1v) is 15.4. The van der Waals surface area contributed by atoms with Gasteiger partial charge in [-0.3, -0.25) is 14.4 Å². The summed E-state index contributed by atoms with van der Waals surface area (Å²) in [5.41, 5.74) is 3.54. The third-order valence-electron chi connectivity index (χ3n) is 6.01. The number of hydrogen-bond acceptors (Lipinski definition) is 6. The summed E-state index contributed by atoms with van der Waals surface area (Å²) in [5.74, 6) is -0.860. The van der Waals surface area contributed by atoms with Crippen molar-refractivity contribution in [3.8, 4) is 11.3 Å². The number of anilines is 2. The number of amides is 3. The molecule has 0 radical (unpaired) electrons. The number of nitrogens with zero attached hydrogens (tertiary/aromatic N) is 1. The highest BCUT2D eigenvalue weighted by Gasteiger charge is 2.15. The lowest BCUT2D eigenvalue weighted by molar-refractivity contribution is -0.114. The van der Waals surface area contributed by atoms with E-state index in [4.69, 9.17) is 11.6 Å². The Morgan fingerprint density at radius 2 is 1.49 bits per heavy atom. The first-order valence-electron chi connectivity index (χ1n) is 13.1. The van der Waals surface area contributed by atoms with Gasteiger partial charge in [-0.1, -0.05) is 72.3 Å². The highest BCUT2D eigenvalue weighted by molar-refractivity contribution is 8.00. The zero-order valence-corrected chi connectivity index (χ0v) is 25.0. The third-order valence-corrected chi connectivity index (χ3v) is 8.03. The number of benzene rings is 4. The van der Waals surface area contributed by atoms with E-state index in [2.05, 4.69) is 20.9 Å². The number of hydrogen-bond donors (Lipinski definition) is 3. The van der Waals surface area contributed by atoms with E-state index in [0.29, 0.717) is 27.0 Å². The van der Waals surface area contributed by atoms with Crippen LogP contribution in [0.1, 0.15) is 15.9 Å². The molecule has 214 valence electrons. The number of thioether (sulfide) groups is 1. The van der Waals surface area contributed by atoms with Crippen LogP contribution in [0.5, 0.6) is 0 Å². The topological polar surface area (TPSA) is 100 Å².